The van der Waals surface area contributed by atoms with Crippen LogP contribution in [0.25, 0.3) is 0 Å². The van der Waals surface area contributed by atoms with Gasteiger partial charge in [-0.05, 0) is 37.4 Å². The third-order valence-electron chi connectivity index (χ3n) is 4.38. The number of hydrogen-bond acceptors (Lipinski definition) is 3. The highest BCUT2D eigenvalue weighted by atomic mass is 16.4. The van der Waals surface area contributed by atoms with Crippen LogP contribution in [-0.4, -0.2) is 36.1 Å². The van der Waals surface area contributed by atoms with E-state index in [0.29, 0.717) is 6.42 Å². The number of nitrogens with one attached hydrogen (secondary N) is 1. The van der Waals surface area contributed by atoms with Gasteiger partial charge in [0.15, 0.2) is 0 Å². The van der Waals surface area contributed by atoms with Crippen molar-refractivity contribution in [2.45, 2.75) is 31.7 Å². The van der Waals surface area contributed by atoms with E-state index in [2.05, 4.69) is 5.32 Å². The van der Waals surface area contributed by atoms with Crippen molar-refractivity contribution in [2.75, 3.05) is 18.0 Å². The molecule has 0 saturated carbocycles. The largest absolute Gasteiger partial charge is 0.481 e. The summed E-state index contributed by atoms with van der Waals surface area (Å²) < 4.78 is 0. The molecule has 5 nitrogen and oxygen atoms in total. The fraction of sp³-hybridized carbons (Fsp3) is 0.500. The van der Waals surface area contributed by atoms with Gasteiger partial charge in [0.1, 0.15) is 0 Å². The minimum Gasteiger partial charge on any atom is -0.481 e. The number of carbonyl (C=O) groups is 2. The SMILES string of the molecule is O=C(O)C1Cc2ccccc2N(C(=O)C2CCCCN2)C1. The second-order valence-electron chi connectivity index (χ2n) is 5.82. The molecule has 0 bridgehead atoms. The lowest BCUT2D eigenvalue weighted by atomic mass is 9.91. The number of carbonyl (C=O) groups excluding carboxylic acids is 1. The van der Waals surface area contributed by atoms with Crippen molar-refractivity contribution in [2.24, 2.45) is 5.92 Å². The molecule has 1 aromatic rings. The van der Waals surface area contributed by atoms with Gasteiger partial charge in [-0.2, -0.15) is 0 Å². The van der Waals surface area contributed by atoms with Gasteiger partial charge in [0, 0.05) is 12.2 Å². The zero-order valence-electron chi connectivity index (χ0n) is 11.9. The first-order chi connectivity index (χ1) is 10.2. The third-order valence-corrected chi connectivity index (χ3v) is 4.38. The van der Waals surface area contributed by atoms with E-state index < -0.39 is 11.9 Å². The summed E-state index contributed by atoms with van der Waals surface area (Å²) >= 11 is 0. The van der Waals surface area contributed by atoms with Crippen LogP contribution in [0.4, 0.5) is 5.69 Å². The predicted molar refractivity (Wildman–Crippen MR) is 79.3 cm³/mol. The molecule has 2 heterocycles. The average Bonchev–Trinajstić information content (AvgIpc) is 2.54. The Balaban J connectivity index is 1.88. The summed E-state index contributed by atoms with van der Waals surface area (Å²) in [5.41, 5.74) is 1.81. The van der Waals surface area contributed by atoms with Crippen LogP contribution in [0.15, 0.2) is 24.3 Å². The number of carboxylic acid groups (broad SMARTS) is 1. The second-order valence-corrected chi connectivity index (χ2v) is 5.82. The Bertz CT molecular complexity index is 552. The van der Waals surface area contributed by atoms with Gasteiger partial charge in [-0.1, -0.05) is 24.6 Å². The Kier molecular flexibility index (Phi) is 3.92. The topological polar surface area (TPSA) is 69.6 Å². The Hall–Kier alpha value is -1.88. The summed E-state index contributed by atoms with van der Waals surface area (Å²) in [6.45, 7) is 1.12. The average molecular weight is 288 g/mol. The molecule has 1 fully saturated rings. The third kappa shape index (κ3) is 2.78. The molecule has 2 unspecified atom stereocenters. The fourth-order valence-corrected chi connectivity index (χ4v) is 3.22. The van der Waals surface area contributed by atoms with E-state index in [0.717, 1.165) is 37.1 Å². The summed E-state index contributed by atoms with van der Waals surface area (Å²) in [5, 5.41) is 12.6. The Morgan fingerprint density at radius 2 is 2.05 bits per heavy atom. The molecule has 0 aliphatic carbocycles. The molecule has 1 amide bonds. The van der Waals surface area contributed by atoms with Gasteiger partial charge in [-0.15, -0.1) is 0 Å². The molecule has 0 radical (unpaired) electrons. The van der Waals surface area contributed by atoms with Crippen molar-refractivity contribution >= 4 is 17.6 Å². The first-order valence-electron chi connectivity index (χ1n) is 7.52. The normalized spacial score (nSPS) is 25.2. The monoisotopic (exact) mass is 288 g/mol. The number of anilines is 1. The number of carboxylic acids is 1. The molecule has 21 heavy (non-hydrogen) atoms. The van der Waals surface area contributed by atoms with Crippen LogP contribution in [-0.2, 0) is 16.0 Å². The van der Waals surface area contributed by atoms with E-state index in [1.54, 1.807) is 4.90 Å². The summed E-state index contributed by atoms with van der Waals surface area (Å²) in [5.74, 6) is -1.35. The van der Waals surface area contributed by atoms with Gasteiger partial charge in [0.25, 0.3) is 0 Å². The van der Waals surface area contributed by atoms with Crippen LogP contribution in [0.3, 0.4) is 0 Å². The maximum atomic E-state index is 12.8. The number of benzene rings is 1. The lowest BCUT2D eigenvalue weighted by molar-refractivity contribution is -0.141. The number of para-hydroxylation sites is 1. The van der Waals surface area contributed by atoms with Crippen LogP contribution in [0.5, 0.6) is 0 Å². The quantitative estimate of drug-likeness (QED) is 0.863. The minimum absolute atomic E-state index is 0.00750. The molecule has 0 aromatic heterocycles. The second kappa shape index (κ2) is 5.85. The van der Waals surface area contributed by atoms with E-state index >= 15 is 0 Å². The maximum absolute atomic E-state index is 12.8. The van der Waals surface area contributed by atoms with Crippen molar-refractivity contribution in [3.63, 3.8) is 0 Å². The molecule has 1 saturated heterocycles. The number of amides is 1. The molecule has 2 N–H and O–H groups in total. The smallest absolute Gasteiger partial charge is 0.308 e. The Labute approximate surface area is 123 Å². The molecular weight excluding hydrogens is 268 g/mol. The lowest BCUT2D eigenvalue weighted by Crippen LogP contribution is -2.52. The molecule has 1 aromatic carbocycles. The maximum Gasteiger partial charge on any atom is 0.308 e. The number of nitrogens with zero attached hydrogens (tertiary/aromatic N) is 1. The fourth-order valence-electron chi connectivity index (χ4n) is 3.22. The van der Waals surface area contributed by atoms with Crippen LogP contribution in [0, 0.1) is 5.92 Å². The van der Waals surface area contributed by atoms with Crippen molar-refractivity contribution in [3.8, 4) is 0 Å². The lowest BCUT2D eigenvalue weighted by Gasteiger charge is -2.36. The van der Waals surface area contributed by atoms with Gasteiger partial charge in [-0.25, -0.2) is 0 Å². The summed E-state index contributed by atoms with van der Waals surface area (Å²) in [7, 11) is 0. The molecular formula is C16H20N2O3. The zero-order chi connectivity index (χ0) is 14.8. The molecule has 0 spiro atoms. The molecule has 2 atom stereocenters. The standard InChI is InChI=1S/C16H20N2O3/c19-15(13-6-3-4-8-17-13)18-10-12(16(20)21)9-11-5-1-2-7-14(11)18/h1-2,5,7,12-13,17H,3-4,6,8-10H2,(H,20,21). The first kappa shape index (κ1) is 14.1. The number of fused-ring (bicyclic) bond motifs is 1. The number of hydrogen-bond donors (Lipinski definition) is 2. The highest BCUT2D eigenvalue weighted by molar-refractivity contribution is 5.99. The van der Waals surface area contributed by atoms with Crippen molar-refractivity contribution in [1.82, 2.24) is 5.32 Å². The van der Waals surface area contributed by atoms with Crippen LogP contribution in [0.2, 0.25) is 0 Å². The van der Waals surface area contributed by atoms with Gasteiger partial charge in [0.05, 0.1) is 12.0 Å². The van der Waals surface area contributed by atoms with Gasteiger partial charge in [0.2, 0.25) is 5.91 Å². The summed E-state index contributed by atoms with van der Waals surface area (Å²) in [6.07, 6.45) is 3.46. The molecule has 3 rings (SSSR count). The molecule has 112 valence electrons. The zero-order valence-corrected chi connectivity index (χ0v) is 11.9. The van der Waals surface area contributed by atoms with E-state index in [-0.39, 0.29) is 18.5 Å². The predicted octanol–water partition coefficient (Wildman–Crippen LogP) is 1.42. The highest BCUT2D eigenvalue weighted by Crippen LogP contribution is 2.30. The van der Waals surface area contributed by atoms with Crippen molar-refractivity contribution in [1.29, 1.82) is 0 Å². The summed E-state index contributed by atoms with van der Waals surface area (Å²) in [4.78, 5) is 25.8. The van der Waals surface area contributed by atoms with Gasteiger partial charge in [-0.3, -0.25) is 9.59 Å². The van der Waals surface area contributed by atoms with Gasteiger partial charge < -0.3 is 15.3 Å². The van der Waals surface area contributed by atoms with E-state index in [9.17, 15) is 14.7 Å². The molecule has 2 aliphatic heterocycles. The number of piperidine rings is 1. The Morgan fingerprint density at radius 1 is 1.24 bits per heavy atom. The highest BCUT2D eigenvalue weighted by Gasteiger charge is 2.35. The van der Waals surface area contributed by atoms with Crippen LogP contribution >= 0.6 is 0 Å². The molecule has 5 heteroatoms. The molecule has 2 aliphatic rings. The number of rotatable bonds is 2. The van der Waals surface area contributed by atoms with Crippen molar-refractivity contribution < 1.29 is 14.7 Å². The summed E-state index contributed by atoms with van der Waals surface area (Å²) in [6, 6.07) is 7.44. The minimum atomic E-state index is -0.834. The number of aliphatic carboxylic acids is 1. The van der Waals surface area contributed by atoms with E-state index in [1.165, 1.54) is 0 Å². The van der Waals surface area contributed by atoms with Gasteiger partial charge >= 0.3 is 5.97 Å². The Morgan fingerprint density at radius 3 is 2.76 bits per heavy atom. The van der Waals surface area contributed by atoms with E-state index in [1.807, 2.05) is 24.3 Å². The van der Waals surface area contributed by atoms with Crippen LogP contribution in [0.1, 0.15) is 24.8 Å². The van der Waals surface area contributed by atoms with Crippen molar-refractivity contribution in [3.05, 3.63) is 29.8 Å². The van der Waals surface area contributed by atoms with Crippen LogP contribution < -0.4 is 10.2 Å². The van der Waals surface area contributed by atoms with E-state index in [4.69, 9.17) is 0 Å². The first-order valence-corrected chi connectivity index (χ1v) is 7.52.